The Balaban J connectivity index is 2.24. The average Bonchev–Trinajstić information content (AvgIpc) is 2.45. The second-order valence-electron chi connectivity index (χ2n) is 5.20. The molecule has 1 fully saturated rings. The summed E-state index contributed by atoms with van der Waals surface area (Å²) in [6.07, 6.45) is 1.79. The molecule has 1 N–H and O–H groups in total. The molecule has 1 aliphatic heterocycles. The number of carbonyl (C=O) groups is 1. The molecule has 0 radical (unpaired) electrons. The number of ketones is 1. The molecule has 0 spiro atoms. The van der Waals surface area contributed by atoms with Gasteiger partial charge in [-0.15, -0.1) is 0 Å². The summed E-state index contributed by atoms with van der Waals surface area (Å²) in [6.45, 7) is 8.25. The Morgan fingerprint density at radius 2 is 2.14 bits per heavy atom. The maximum atomic E-state index is 11.0. The lowest BCUT2D eigenvalue weighted by Crippen LogP contribution is -2.40. The van der Waals surface area contributed by atoms with Gasteiger partial charge in [0, 0.05) is 18.0 Å². The second-order valence-corrected chi connectivity index (χ2v) is 5.20. The van der Waals surface area contributed by atoms with E-state index in [1.165, 1.54) is 0 Å². The molecule has 1 atom stereocenters. The van der Waals surface area contributed by atoms with E-state index in [4.69, 9.17) is 0 Å². The third-order valence-electron chi connectivity index (χ3n) is 3.02. The van der Waals surface area contributed by atoms with Crippen molar-refractivity contribution in [1.29, 1.82) is 0 Å². The number of rotatable bonds is 3. The summed E-state index contributed by atoms with van der Waals surface area (Å²) in [6, 6.07) is 0.410. The SMILES string of the molecule is CN(CCC1CC(=O)CN1)C(C)(C)C. The molecule has 0 aromatic carbocycles. The van der Waals surface area contributed by atoms with Crippen molar-refractivity contribution in [3.8, 4) is 0 Å². The van der Waals surface area contributed by atoms with Crippen LogP contribution in [0.15, 0.2) is 0 Å². The predicted molar refractivity (Wildman–Crippen MR) is 58.4 cm³/mol. The predicted octanol–water partition coefficient (Wildman–Crippen LogP) is 1.04. The smallest absolute Gasteiger partial charge is 0.148 e. The highest BCUT2D eigenvalue weighted by molar-refractivity contribution is 5.83. The zero-order valence-electron chi connectivity index (χ0n) is 9.76. The molecule has 0 saturated carbocycles. The van der Waals surface area contributed by atoms with Crippen LogP contribution >= 0.6 is 0 Å². The number of hydrogen-bond donors (Lipinski definition) is 1. The highest BCUT2D eigenvalue weighted by Crippen LogP contribution is 2.13. The third-order valence-corrected chi connectivity index (χ3v) is 3.02. The summed E-state index contributed by atoms with van der Waals surface area (Å²) < 4.78 is 0. The molecule has 82 valence electrons. The van der Waals surface area contributed by atoms with Gasteiger partial charge in [0.05, 0.1) is 6.54 Å². The van der Waals surface area contributed by atoms with Crippen molar-refractivity contribution < 1.29 is 4.79 Å². The fourth-order valence-electron chi connectivity index (χ4n) is 1.57. The fraction of sp³-hybridized carbons (Fsp3) is 0.909. The minimum absolute atomic E-state index is 0.225. The zero-order valence-corrected chi connectivity index (χ0v) is 9.76. The van der Waals surface area contributed by atoms with Crippen molar-refractivity contribution in [1.82, 2.24) is 10.2 Å². The Bertz CT molecular complexity index is 208. The van der Waals surface area contributed by atoms with Crippen LogP contribution < -0.4 is 5.32 Å². The van der Waals surface area contributed by atoms with E-state index in [1.807, 2.05) is 0 Å². The highest BCUT2D eigenvalue weighted by atomic mass is 16.1. The Morgan fingerprint density at radius 1 is 1.50 bits per heavy atom. The van der Waals surface area contributed by atoms with Crippen molar-refractivity contribution in [3.63, 3.8) is 0 Å². The Hall–Kier alpha value is -0.410. The van der Waals surface area contributed by atoms with Crippen molar-refractivity contribution in [3.05, 3.63) is 0 Å². The third kappa shape index (κ3) is 3.39. The van der Waals surface area contributed by atoms with Gasteiger partial charge in [0.15, 0.2) is 0 Å². The first-order valence-corrected chi connectivity index (χ1v) is 5.36. The van der Waals surface area contributed by atoms with E-state index in [0.717, 1.165) is 19.4 Å². The summed E-state index contributed by atoms with van der Waals surface area (Å²) in [4.78, 5) is 13.3. The molecular weight excluding hydrogens is 176 g/mol. The van der Waals surface area contributed by atoms with Crippen molar-refractivity contribution in [2.24, 2.45) is 0 Å². The van der Waals surface area contributed by atoms with Crippen LogP contribution in [0.25, 0.3) is 0 Å². The topological polar surface area (TPSA) is 32.3 Å². The molecule has 1 unspecified atom stereocenters. The van der Waals surface area contributed by atoms with E-state index in [9.17, 15) is 4.79 Å². The van der Waals surface area contributed by atoms with Gasteiger partial charge in [-0.1, -0.05) is 0 Å². The molecule has 1 saturated heterocycles. The number of nitrogens with one attached hydrogen (secondary N) is 1. The van der Waals surface area contributed by atoms with Crippen LogP contribution in [-0.4, -0.2) is 42.4 Å². The number of hydrogen-bond acceptors (Lipinski definition) is 3. The van der Waals surface area contributed by atoms with Gasteiger partial charge in [0.25, 0.3) is 0 Å². The minimum Gasteiger partial charge on any atom is -0.307 e. The zero-order chi connectivity index (χ0) is 10.8. The largest absolute Gasteiger partial charge is 0.307 e. The summed E-state index contributed by atoms with van der Waals surface area (Å²) in [5.74, 6) is 0.355. The monoisotopic (exact) mass is 198 g/mol. The molecule has 14 heavy (non-hydrogen) atoms. The summed E-state index contributed by atoms with van der Waals surface area (Å²) in [5, 5.41) is 3.24. The van der Waals surface area contributed by atoms with Gasteiger partial charge in [0.2, 0.25) is 0 Å². The molecule has 0 aliphatic carbocycles. The van der Waals surface area contributed by atoms with Crippen LogP contribution in [0.5, 0.6) is 0 Å². The van der Waals surface area contributed by atoms with Crippen LogP contribution in [0.2, 0.25) is 0 Å². The highest BCUT2D eigenvalue weighted by Gasteiger charge is 2.23. The van der Waals surface area contributed by atoms with E-state index in [-0.39, 0.29) is 5.54 Å². The second kappa shape index (κ2) is 4.41. The standard InChI is InChI=1S/C11H22N2O/c1-11(2,3)13(4)6-5-9-7-10(14)8-12-9/h9,12H,5-8H2,1-4H3. The maximum Gasteiger partial charge on any atom is 0.148 e. The molecule has 3 heteroatoms. The molecular formula is C11H22N2O. The molecule has 3 nitrogen and oxygen atoms in total. The quantitative estimate of drug-likeness (QED) is 0.735. The fourth-order valence-corrected chi connectivity index (χ4v) is 1.57. The van der Waals surface area contributed by atoms with Crippen LogP contribution in [0, 0.1) is 0 Å². The number of Topliss-reactive ketones (excluding diaryl/α,β-unsaturated/α-hetero) is 1. The van der Waals surface area contributed by atoms with Gasteiger partial charge < -0.3 is 10.2 Å². The summed E-state index contributed by atoms with van der Waals surface area (Å²) in [7, 11) is 2.14. The molecule has 1 heterocycles. The van der Waals surface area contributed by atoms with Gasteiger partial charge in [-0.25, -0.2) is 0 Å². The van der Waals surface area contributed by atoms with E-state index < -0.39 is 0 Å². The lowest BCUT2D eigenvalue weighted by Gasteiger charge is -2.32. The Labute approximate surface area is 86.9 Å². The molecule has 1 aliphatic rings. The minimum atomic E-state index is 0.225. The van der Waals surface area contributed by atoms with Crippen LogP contribution in [0.3, 0.4) is 0 Å². The molecule has 0 aromatic heterocycles. The normalized spacial score (nSPS) is 23.5. The van der Waals surface area contributed by atoms with Gasteiger partial charge >= 0.3 is 0 Å². The summed E-state index contributed by atoms with van der Waals surface area (Å²) in [5.41, 5.74) is 0.225. The van der Waals surface area contributed by atoms with Crippen molar-refractivity contribution in [2.45, 2.75) is 45.2 Å². The van der Waals surface area contributed by atoms with E-state index in [1.54, 1.807) is 0 Å². The number of nitrogens with zero attached hydrogens (tertiary/aromatic N) is 1. The Morgan fingerprint density at radius 3 is 2.57 bits per heavy atom. The first kappa shape index (κ1) is 11.7. The molecule has 1 rings (SSSR count). The van der Waals surface area contributed by atoms with Crippen molar-refractivity contribution in [2.75, 3.05) is 20.1 Å². The van der Waals surface area contributed by atoms with E-state index >= 15 is 0 Å². The van der Waals surface area contributed by atoms with Crippen LogP contribution in [0.4, 0.5) is 0 Å². The van der Waals surface area contributed by atoms with Crippen molar-refractivity contribution >= 4 is 5.78 Å². The summed E-state index contributed by atoms with van der Waals surface area (Å²) >= 11 is 0. The first-order chi connectivity index (χ1) is 6.39. The van der Waals surface area contributed by atoms with E-state index in [2.05, 4.69) is 38.0 Å². The van der Waals surface area contributed by atoms with Gasteiger partial charge in [-0.2, -0.15) is 0 Å². The van der Waals surface area contributed by atoms with Crippen LogP contribution in [0.1, 0.15) is 33.6 Å². The average molecular weight is 198 g/mol. The first-order valence-electron chi connectivity index (χ1n) is 5.36. The Kier molecular flexibility index (Phi) is 3.67. The lowest BCUT2D eigenvalue weighted by atomic mass is 10.1. The van der Waals surface area contributed by atoms with Gasteiger partial charge in [-0.05, 0) is 40.8 Å². The lowest BCUT2D eigenvalue weighted by molar-refractivity contribution is -0.116. The van der Waals surface area contributed by atoms with E-state index in [0.29, 0.717) is 18.4 Å². The molecule has 0 aromatic rings. The van der Waals surface area contributed by atoms with Gasteiger partial charge in [-0.3, -0.25) is 4.79 Å². The van der Waals surface area contributed by atoms with Crippen LogP contribution in [-0.2, 0) is 4.79 Å². The molecule has 0 bridgehead atoms. The molecule has 0 amide bonds. The van der Waals surface area contributed by atoms with Gasteiger partial charge in [0.1, 0.15) is 5.78 Å². The number of carbonyl (C=O) groups excluding carboxylic acids is 1. The maximum absolute atomic E-state index is 11.0.